The molecular weight excluding hydrogens is 422 g/mol. The van der Waals surface area contributed by atoms with Gasteiger partial charge in [-0.05, 0) is 13.0 Å². The Hall–Kier alpha value is -3.86. The fourth-order valence-electron chi connectivity index (χ4n) is 4.03. The van der Waals surface area contributed by atoms with E-state index < -0.39 is 47.2 Å². The number of hydrogen-bond donors (Lipinski definition) is 2. The fraction of sp³-hybridized carbons (Fsp3) is 0.333. The maximum atomic E-state index is 13.9. The number of rotatable bonds is 7. The van der Waals surface area contributed by atoms with E-state index in [2.05, 4.69) is 0 Å². The lowest BCUT2D eigenvalue weighted by Gasteiger charge is -2.36. The summed E-state index contributed by atoms with van der Waals surface area (Å²) in [6.45, 7) is 0.919. The van der Waals surface area contributed by atoms with Gasteiger partial charge >= 0.3 is 11.9 Å². The average molecular weight is 445 g/mol. The van der Waals surface area contributed by atoms with E-state index in [0.717, 1.165) is 12.0 Å². The van der Waals surface area contributed by atoms with E-state index in [1.54, 1.807) is 24.3 Å². The van der Waals surface area contributed by atoms with Crippen LogP contribution in [0.25, 0.3) is 0 Å². The molecule has 0 bridgehead atoms. The summed E-state index contributed by atoms with van der Waals surface area (Å²) < 4.78 is 20.5. The number of nitrogens with zero attached hydrogens (tertiary/aromatic N) is 1. The van der Waals surface area contributed by atoms with Crippen LogP contribution in [0.15, 0.2) is 47.1 Å². The number of anilines is 1. The van der Waals surface area contributed by atoms with Crippen molar-refractivity contribution in [1.29, 1.82) is 0 Å². The van der Waals surface area contributed by atoms with E-state index in [1.165, 1.54) is 14.0 Å². The first-order valence-electron chi connectivity index (χ1n) is 9.55. The zero-order valence-corrected chi connectivity index (χ0v) is 17.8. The first-order valence-corrected chi connectivity index (χ1v) is 9.55. The van der Waals surface area contributed by atoms with Gasteiger partial charge in [0.25, 0.3) is 0 Å². The number of para-hydroxylation sites is 1. The summed E-state index contributed by atoms with van der Waals surface area (Å²) in [7, 11) is 2.53. The minimum absolute atomic E-state index is 0.0401. The lowest BCUT2D eigenvalue weighted by molar-refractivity contribution is -0.143. The van der Waals surface area contributed by atoms with Gasteiger partial charge in [-0.2, -0.15) is 0 Å². The molecule has 1 aromatic carbocycles. The van der Waals surface area contributed by atoms with Gasteiger partial charge in [-0.1, -0.05) is 18.2 Å². The summed E-state index contributed by atoms with van der Waals surface area (Å²) in [5.41, 5.74) is 9.20. The number of carbonyl (C=O) groups excluding carboxylic acids is 4. The molecule has 2 aliphatic heterocycles. The molecular formula is C21H23N3O8. The van der Waals surface area contributed by atoms with Crippen molar-refractivity contribution in [3.8, 4) is 0 Å². The number of hydrogen-bond acceptors (Lipinski definition) is 9. The van der Waals surface area contributed by atoms with E-state index in [-0.39, 0.29) is 35.8 Å². The lowest BCUT2D eigenvalue weighted by atomic mass is 9.67. The zero-order valence-electron chi connectivity index (χ0n) is 17.8. The summed E-state index contributed by atoms with van der Waals surface area (Å²) in [4.78, 5) is 52.8. The molecule has 1 atom stereocenters. The third kappa shape index (κ3) is 3.36. The maximum Gasteiger partial charge on any atom is 0.340 e. The normalized spacial score (nSPS) is 19.7. The molecule has 0 aliphatic carbocycles. The lowest BCUT2D eigenvalue weighted by Crippen LogP contribution is -2.52. The van der Waals surface area contributed by atoms with E-state index >= 15 is 0 Å². The Morgan fingerprint density at radius 1 is 1.09 bits per heavy atom. The highest BCUT2D eigenvalue weighted by Crippen LogP contribution is 2.54. The second-order valence-corrected chi connectivity index (χ2v) is 7.02. The van der Waals surface area contributed by atoms with Gasteiger partial charge in [0.15, 0.2) is 0 Å². The smallest absolute Gasteiger partial charge is 0.340 e. The van der Waals surface area contributed by atoms with Crippen LogP contribution < -0.4 is 16.4 Å². The second-order valence-electron chi connectivity index (χ2n) is 7.02. The van der Waals surface area contributed by atoms with Crippen molar-refractivity contribution in [3.05, 3.63) is 52.6 Å². The van der Waals surface area contributed by atoms with Crippen LogP contribution in [-0.4, -0.2) is 57.7 Å². The van der Waals surface area contributed by atoms with Crippen LogP contribution in [0.3, 0.4) is 0 Å². The number of primary amides is 1. The molecule has 1 unspecified atom stereocenters. The molecule has 0 radical (unpaired) electrons. The fourth-order valence-corrected chi connectivity index (χ4v) is 4.03. The SMILES string of the molecule is COCCOC(=O)C1=C(C)OC(N)=C(C(=O)OC)C12C(=O)N(CC(N)=O)c1ccccc12. The molecule has 0 saturated heterocycles. The highest BCUT2D eigenvalue weighted by atomic mass is 16.6. The van der Waals surface area contributed by atoms with Crippen LogP contribution in [0.1, 0.15) is 12.5 Å². The van der Waals surface area contributed by atoms with Gasteiger partial charge in [0, 0.05) is 18.4 Å². The van der Waals surface area contributed by atoms with Gasteiger partial charge in [0.1, 0.15) is 35.5 Å². The molecule has 0 fully saturated rings. The van der Waals surface area contributed by atoms with Gasteiger partial charge in [0.2, 0.25) is 17.7 Å². The van der Waals surface area contributed by atoms with Crippen LogP contribution in [0.4, 0.5) is 5.69 Å². The molecule has 170 valence electrons. The Bertz CT molecular complexity index is 1060. The molecule has 1 spiro atoms. The van der Waals surface area contributed by atoms with E-state index in [1.807, 2.05) is 0 Å². The molecule has 4 N–H and O–H groups in total. The second kappa shape index (κ2) is 8.71. The maximum absolute atomic E-state index is 13.9. The summed E-state index contributed by atoms with van der Waals surface area (Å²) in [5, 5.41) is 0. The molecule has 2 heterocycles. The molecule has 2 aliphatic rings. The van der Waals surface area contributed by atoms with E-state index in [4.69, 9.17) is 30.4 Å². The van der Waals surface area contributed by atoms with Crippen LogP contribution in [0.5, 0.6) is 0 Å². The number of esters is 2. The van der Waals surface area contributed by atoms with Crippen molar-refractivity contribution in [1.82, 2.24) is 0 Å². The van der Waals surface area contributed by atoms with E-state index in [0.29, 0.717) is 0 Å². The van der Waals surface area contributed by atoms with Crippen molar-refractivity contribution in [2.24, 2.45) is 11.5 Å². The number of ether oxygens (including phenoxy) is 4. The van der Waals surface area contributed by atoms with Crippen molar-refractivity contribution in [2.75, 3.05) is 38.9 Å². The Kier molecular flexibility index (Phi) is 6.21. The molecule has 0 saturated carbocycles. The molecule has 32 heavy (non-hydrogen) atoms. The van der Waals surface area contributed by atoms with Gasteiger partial charge in [-0.3, -0.25) is 9.59 Å². The molecule has 11 nitrogen and oxygen atoms in total. The topological polar surface area (TPSA) is 160 Å². The van der Waals surface area contributed by atoms with Crippen molar-refractivity contribution in [2.45, 2.75) is 12.3 Å². The van der Waals surface area contributed by atoms with Gasteiger partial charge in [0.05, 0.1) is 13.7 Å². The number of amides is 2. The molecule has 11 heteroatoms. The number of nitrogens with two attached hydrogens (primary N) is 2. The summed E-state index contributed by atoms with van der Waals surface area (Å²) in [6.07, 6.45) is 0. The number of allylic oxidation sites excluding steroid dienone is 1. The highest BCUT2D eigenvalue weighted by Gasteiger charge is 2.64. The predicted octanol–water partition coefficient (Wildman–Crippen LogP) is -0.407. The standard InChI is InChI=1S/C21H23N3O8/c1-11-15(19(27)31-9-8-29-2)21(16(17(23)32-11)18(26)30-3)12-6-4-5-7-13(12)24(20(21)28)10-14(22)25/h4-7H,8-10,23H2,1-3H3,(H2,22,25). The van der Waals surface area contributed by atoms with Crippen LogP contribution in [0.2, 0.25) is 0 Å². The molecule has 3 rings (SSSR count). The number of benzene rings is 1. The van der Waals surface area contributed by atoms with Gasteiger partial charge < -0.3 is 35.3 Å². The Morgan fingerprint density at radius 2 is 1.78 bits per heavy atom. The molecule has 2 amide bonds. The minimum atomic E-state index is -2.06. The quantitative estimate of drug-likeness (QED) is 0.420. The van der Waals surface area contributed by atoms with Gasteiger partial charge in [-0.15, -0.1) is 0 Å². The first kappa shape index (κ1) is 22.8. The van der Waals surface area contributed by atoms with Crippen molar-refractivity contribution in [3.63, 3.8) is 0 Å². The predicted molar refractivity (Wildman–Crippen MR) is 110 cm³/mol. The highest BCUT2D eigenvalue weighted by molar-refractivity contribution is 6.23. The summed E-state index contributed by atoms with van der Waals surface area (Å²) in [5.74, 6) is -3.94. The summed E-state index contributed by atoms with van der Waals surface area (Å²) >= 11 is 0. The van der Waals surface area contributed by atoms with Crippen LogP contribution >= 0.6 is 0 Å². The number of carbonyl (C=O) groups is 4. The van der Waals surface area contributed by atoms with Crippen molar-refractivity contribution < 1.29 is 38.1 Å². The minimum Gasteiger partial charge on any atom is -0.465 e. The van der Waals surface area contributed by atoms with Crippen LogP contribution in [-0.2, 0) is 43.5 Å². The number of methoxy groups -OCH3 is 2. The monoisotopic (exact) mass is 445 g/mol. The van der Waals surface area contributed by atoms with Crippen LogP contribution in [0, 0.1) is 0 Å². The largest absolute Gasteiger partial charge is 0.465 e. The van der Waals surface area contributed by atoms with E-state index in [9.17, 15) is 19.2 Å². The zero-order chi connectivity index (χ0) is 23.6. The molecule has 0 aromatic heterocycles. The average Bonchev–Trinajstić information content (AvgIpc) is 2.96. The Balaban J connectivity index is 2.34. The molecule has 1 aromatic rings. The van der Waals surface area contributed by atoms with Gasteiger partial charge in [-0.25, -0.2) is 9.59 Å². The first-order chi connectivity index (χ1) is 15.2. The summed E-state index contributed by atoms with van der Waals surface area (Å²) in [6, 6.07) is 6.36. The Labute approximate surface area is 183 Å². The Morgan fingerprint density at radius 3 is 2.41 bits per heavy atom. The third-order valence-corrected chi connectivity index (χ3v) is 5.20. The van der Waals surface area contributed by atoms with Crippen molar-refractivity contribution >= 4 is 29.4 Å². The number of fused-ring (bicyclic) bond motifs is 2. The third-order valence-electron chi connectivity index (χ3n) is 5.20.